The molecule has 0 amide bonds. The highest BCUT2D eigenvalue weighted by molar-refractivity contribution is 5.73. The quantitative estimate of drug-likeness (QED) is 0.509. The van der Waals surface area contributed by atoms with Gasteiger partial charge in [0, 0.05) is 20.0 Å². The van der Waals surface area contributed by atoms with Gasteiger partial charge in [-0.1, -0.05) is 0 Å². The molecule has 0 bridgehead atoms. The second-order valence-corrected chi connectivity index (χ2v) is 4.79. The largest absolute Gasteiger partial charge is 0.466 e. The fraction of sp³-hybridized carbons (Fsp3) is 0.667. The zero-order valence-corrected chi connectivity index (χ0v) is 11.6. The van der Waals surface area contributed by atoms with E-state index in [2.05, 4.69) is 9.97 Å². The number of imidazole rings is 1. The summed E-state index contributed by atoms with van der Waals surface area (Å²) in [5.74, 6) is 0.186. The summed E-state index contributed by atoms with van der Waals surface area (Å²) in [4.78, 5) is 30.9. The van der Waals surface area contributed by atoms with Gasteiger partial charge < -0.3 is 19.8 Å². The van der Waals surface area contributed by atoms with Crippen LogP contribution in [-0.2, 0) is 9.53 Å². The number of H-pyrrole nitrogens is 1. The molecule has 1 saturated heterocycles. The van der Waals surface area contributed by atoms with Crippen molar-refractivity contribution in [3.05, 3.63) is 15.9 Å². The molecule has 1 aromatic heterocycles. The van der Waals surface area contributed by atoms with Crippen molar-refractivity contribution in [2.24, 2.45) is 5.92 Å². The molecular weight excluding hydrogens is 264 g/mol. The number of nitrogens with one attached hydrogen (secondary N) is 1. The third-order valence-corrected chi connectivity index (χ3v) is 3.31. The molecule has 1 N–H and O–H groups in total. The van der Waals surface area contributed by atoms with Gasteiger partial charge in [0.05, 0.1) is 12.5 Å². The molecule has 0 aromatic carbocycles. The lowest BCUT2D eigenvalue weighted by Gasteiger charge is -2.31. The van der Waals surface area contributed by atoms with Crippen LogP contribution in [0.3, 0.4) is 0 Å². The number of aromatic nitrogens is 2. The van der Waals surface area contributed by atoms with Gasteiger partial charge >= 0.3 is 11.8 Å². The van der Waals surface area contributed by atoms with Gasteiger partial charge in [0.1, 0.15) is 0 Å². The van der Waals surface area contributed by atoms with Gasteiger partial charge in [0.15, 0.2) is 5.82 Å². The Morgan fingerprint density at radius 2 is 2.40 bits per heavy atom. The summed E-state index contributed by atoms with van der Waals surface area (Å²) in [6.07, 6.45) is 1.53. The molecule has 2 heterocycles. The van der Waals surface area contributed by atoms with E-state index in [4.69, 9.17) is 4.74 Å². The predicted octanol–water partition coefficient (Wildman–Crippen LogP) is 1.41. The Bertz CT molecular complexity index is 514. The van der Waals surface area contributed by atoms with E-state index in [-0.39, 0.29) is 17.7 Å². The third kappa shape index (κ3) is 2.89. The van der Waals surface area contributed by atoms with Crippen LogP contribution >= 0.6 is 0 Å². The first-order valence-corrected chi connectivity index (χ1v) is 6.65. The summed E-state index contributed by atoms with van der Waals surface area (Å²) in [6, 6.07) is 0. The molecule has 0 radical (unpaired) electrons. The SMILES string of the molecule is CCOC(=O)C1CCCN(c2nc(C)[nH]c2[N+](=O)[O-])C1. The summed E-state index contributed by atoms with van der Waals surface area (Å²) in [5, 5.41) is 11.0. The van der Waals surface area contributed by atoms with Gasteiger partial charge in [-0.2, -0.15) is 4.98 Å². The van der Waals surface area contributed by atoms with Crippen LogP contribution in [0, 0.1) is 23.0 Å². The number of aryl methyl sites for hydroxylation is 1. The standard InChI is InChI=1S/C12H18N4O4/c1-3-20-12(17)9-5-4-6-15(7-9)10-11(16(18)19)14-8(2)13-10/h9H,3-7H2,1-2H3,(H,13,14). The molecule has 8 heteroatoms. The first-order chi connectivity index (χ1) is 9.52. The average molecular weight is 282 g/mol. The Kier molecular flexibility index (Phi) is 4.21. The molecule has 0 spiro atoms. The van der Waals surface area contributed by atoms with E-state index in [0.29, 0.717) is 31.3 Å². The van der Waals surface area contributed by atoms with Crippen molar-refractivity contribution in [3.63, 3.8) is 0 Å². The summed E-state index contributed by atoms with van der Waals surface area (Å²) in [7, 11) is 0. The Labute approximate surface area is 116 Å². The number of anilines is 1. The number of rotatable bonds is 4. The zero-order valence-electron chi connectivity index (χ0n) is 11.6. The van der Waals surface area contributed by atoms with E-state index in [1.165, 1.54) is 0 Å². The molecule has 2 rings (SSSR count). The number of ether oxygens (including phenoxy) is 1. The van der Waals surface area contributed by atoms with Crippen molar-refractivity contribution in [2.75, 3.05) is 24.6 Å². The Morgan fingerprint density at radius 3 is 3.05 bits per heavy atom. The normalized spacial score (nSPS) is 18.9. The highest BCUT2D eigenvalue weighted by atomic mass is 16.6. The monoisotopic (exact) mass is 282 g/mol. The van der Waals surface area contributed by atoms with Gasteiger partial charge in [-0.25, -0.2) is 4.98 Å². The van der Waals surface area contributed by atoms with Crippen LogP contribution in [0.25, 0.3) is 0 Å². The lowest BCUT2D eigenvalue weighted by Crippen LogP contribution is -2.39. The zero-order chi connectivity index (χ0) is 14.7. The van der Waals surface area contributed by atoms with Crippen molar-refractivity contribution >= 4 is 17.6 Å². The molecule has 1 aliphatic heterocycles. The van der Waals surface area contributed by atoms with Crippen LogP contribution in [0.4, 0.5) is 11.6 Å². The summed E-state index contributed by atoms with van der Waals surface area (Å²) >= 11 is 0. The van der Waals surface area contributed by atoms with Crippen LogP contribution in [-0.4, -0.2) is 40.6 Å². The highest BCUT2D eigenvalue weighted by Gasteiger charge is 2.32. The van der Waals surface area contributed by atoms with Crippen LogP contribution in [0.1, 0.15) is 25.6 Å². The molecule has 1 aromatic rings. The van der Waals surface area contributed by atoms with E-state index in [9.17, 15) is 14.9 Å². The Balaban J connectivity index is 2.16. The Hall–Kier alpha value is -2.12. The number of aromatic amines is 1. The van der Waals surface area contributed by atoms with Crippen molar-refractivity contribution in [1.29, 1.82) is 0 Å². The minimum absolute atomic E-state index is 0.119. The van der Waals surface area contributed by atoms with Crippen molar-refractivity contribution in [3.8, 4) is 0 Å². The maximum atomic E-state index is 11.8. The lowest BCUT2D eigenvalue weighted by atomic mass is 9.98. The Morgan fingerprint density at radius 1 is 1.65 bits per heavy atom. The van der Waals surface area contributed by atoms with Gasteiger partial charge in [0.2, 0.25) is 5.82 Å². The fourth-order valence-electron chi connectivity index (χ4n) is 2.44. The van der Waals surface area contributed by atoms with E-state index in [0.717, 1.165) is 12.8 Å². The molecule has 0 saturated carbocycles. The molecule has 0 aliphatic carbocycles. The van der Waals surface area contributed by atoms with E-state index in [1.807, 2.05) is 0 Å². The molecule has 1 atom stereocenters. The maximum absolute atomic E-state index is 11.8. The maximum Gasteiger partial charge on any atom is 0.365 e. The fourth-order valence-corrected chi connectivity index (χ4v) is 2.44. The minimum Gasteiger partial charge on any atom is -0.466 e. The third-order valence-electron chi connectivity index (χ3n) is 3.31. The van der Waals surface area contributed by atoms with Gasteiger partial charge in [0.25, 0.3) is 0 Å². The molecule has 1 unspecified atom stereocenters. The average Bonchev–Trinajstić information content (AvgIpc) is 2.81. The lowest BCUT2D eigenvalue weighted by molar-refractivity contribution is -0.388. The van der Waals surface area contributed by atoms with Crippen LogP contribution in [0.2, 0.25) is 0 Å². The predicted molar refractivity (Wildman–Crippen MR) is 71.5 cm³/mol. The number of hydrogen-bond acceptors (Lipinski definition) is 6. The molecule has 1 fully saturated rings. The van der Waals surface area contributed by atoms with Crippen LogP contribution in [0.5, 0.6) is 0 Å². The molecule has 20 heavy (non-hydrogen) atoms. The number of piperidine rings is 1. The van der Waals surface area contributed by atoms with Crippen molar-refractivity contribution in [2.45, 2.75) is 26.7 Å². The molecule has 1 aliphatic rings. The number of nitro groups is 1. The number of esters is 1. The first-order valence-electron chi connectivity index (χ1n) is 6.65. The first kappa shape index (κ1) is 14.3. The number of carbonyl (C=O) groups excluding carboxylic acids is 1. The van der Waals surface area contributed by atoms with Gasteiger partial charge in [-0.15, -0.1) is 0 Å². The van der Waals surface area contributed by atoms with E-state index < -0.39 is 4.92 Å². The van der Waals surface area contributed by atoms with Gasteiger partial charge in [-0.05, 0) is 24.7 Å². The summed E-state index contributed by atoms with van der Waals surface area (Å²) in [6.45, 7) is 4.84. The topological polar surface area (TPSA) is 101 Å². The van der Waals surface area contributed by atoms with Crippen LogP contribution < -0.4 is 4.90 Å². The number of hydrogen-bond donors (Lipinski definition) is 1. The molecule has 8 nitrogen and oxygen atoms in total. The smallest absolute Gasteiger partial charge is 0.365 e. The van der Waals surface area contributed by atoms with Crippen LogP contribution in [0.15, 0.2) is 0 Å². The minimum atomic E-state index is -0.483. The van der Waals surface area contributed by atoms with E-state index >= 15 is 0 Å². The number of nitrogens with zero attached hydrogens (tertiary/aromatic N) is 3. The molecular formula is C12H18N4O4. The van der Waals surface area contributed by atoms with E-state index in [1.54, 1.807) is 18.7 Å². The summed E-state index contributed by atoms with van der Waals surface area (Å²) < 4.78 is 5.02. The van der Waals surface area contributed by atoms with Crippen molar-refractivity contribution in [1.82, 2.24) is 9.97 Å². The van der Waals surface area contributed by atoms with Gasteiger partial charge in [-0.3, -0.25) is 4.79 Å². The second-order valence-electron chi connectivity index (χ2n) is 4.79. The van der Waals surface area contributed by atoms with Crippen molar-refractivity contribution < 1.29 is 14.5 Å². The number of carbonyl (C=O) groups is 1. The highest BCUT2D eigenvalue weighted by Crippen LogP contribution is 2.29. The second kappa shape index (κ2) is 5.89. The summed E-state index contributed by atoms with van der Waals surface area (Å²) in [5.41, 5.74) is 0. The molecule has 110 valence electrons.